The van der Waals surface area contributed by atoms with Crippen molar-refractivity contribution in [3.05, 3.63) is 24.3 Å². The first-order chi connectivity index (χ1) is 8.87. The normalized spacial score (nSPS) is 11.6. The number of carbonyl (C=O) groups is 1. The molecule has 1 rings (SSSR count). The Morgan fingerprint density at radius 1 is 1.37 bits per heavy atom. The average Bonchev–Trinajstić information content (AvgIpc) is 2.36. The van der Waals surface area contributed by atoms with Gasteiger partial charge in [0.2, 0.25) is 15.9 Å². The molecule has 0 atom stereocenters. The second kappa shape index (κ2) is 6.93. The van der Waals surface area contributed by atoms with E-state index in [1.54, 1.807) is 23.9 Å². The molecule has 0 aromatic heterocycles. The molecule has 0 aliphatic carbocycles. The fourth-order valence-electron chi connectivity index (χ4n) is 1.36. The predicted molar refractivity (Wildman–Crippen MR) is 78.9 cm³/mol. The fourth-order valence-corrected chi connectivity index (χ4v) is 2.70. The highest BCUT2D eigenvalue weighted by Crippen LogP contribution is 2.18. The largest absolute Gasteiger partial charge is 0.326 e. The van der Waals surface area contributed by atoms with E-state index in [2.05, 4.69) is 5.32 Å². The van der Waals surface area contributed by atoms with Gasteiger partial charge in [0.05, 0.1) is 4.90 Å². The molecule has 0 aliphatic heterocycles. The summed E-state index contributed by atoms with van der Waals surface area (Å²) < 4.78 is 25.0. The van der Waals surface area contributed by atoms with Crippen LogP contribution in [0.25, 0.3) is 0 Å². The lowest BCUT2D eigenvalue weighted by Gasteiger charge is -2.12. The molecule has 1 aromatic carbocycles. The van der Waals surface area contributed by atoms with Crippen molar-refractivity contribution >= 4 is 33.4 Å². The summed E-state index contributed by atoms with van der Waals surface area (Å²) >= 11 is 1.59. The Balaban J connectivity index is 2.87. The Morgan fingerprint density at radius 2 is 2.05 bits per heavy atom. The van der Waals surface area contributed by atoms with Crippen LogP contribution in [-0.2, 0) is 14.8 Å². The lowest BCUT2D eigenvalue weighted by atomic mass is 10.3. The molecule has 0 radical (unpaired) electrons. The quantitative estimate of drug-likeness (QED) is 0.867. The third kappa shape index (κ3) is 4.52. The first kappa shape index (κ1) is 16.0. The van der Waals surface area contributed by atoms with E-state index < -0.39 is 10.0 Å². The van der Waals surface area contributed by atoms with Crippen molar-refractivity contribution in [3.63, 3.8) is 0 Å². The third-order valence-electron chi connectivity index (χ3n) is 2.43. The predicted octanol–water partition coefficient (Wildman–Crippen LogP) is 1.63. The highest BCUT2D eigenvalue weighted by molar-refractivity contribution is 7.98. The van der Waals surface area contributed by atoms with Crippen LogP contribution < -0.4 is 5.32 Å². The molecule has 19 heavy (non-hydrogen) atoms. The molecule has 5 nitrogen and oxygen atoms in total. The van der Waals surface area contributed by atoms with E-state index in [0.717, 1.165) is 10.1 Å². The Kier molecular flexibility index (Phi) is 5.84. The van der Waals surface area contributed by atoms with Gasteiger partial charge in [0.25, 0.3) is 0 Å². The lowest BCUT2D eigenvalue weighted by molar-refractivity contribution is -0.115. The highest BCUT2D eigenvalue weighted by Gasteiger charge is 2.17. The maximum absolute atomic E-state index is 12.0. The zero-order valence-electron chi connectivity index (χ0n) is 11.2. The van der Waals surface area contributed by atoms with Crippen LogP contribution in [0.1, 0.15) is 6.42 Å². The third-order valence-corrected chi connectivity index (χ3v) is 4.85. The summed E-state index contributed by atoms with van der Waals surface area (Å²) in [5, 5.41) is 2.69. The van der Waals surface area contributed by atoms with E-state index in [0.29, 0.717) is 12.1 Å². The second-order valence-electron chi connectivity index (χ2n) is 4.11. The molecule has 0 saturated carbocycles. The average molecular weight is 302 g/mol. The van der Waals surface area contributed by atoms with E-state index in [1.165, 1.54) is 26.2 Å². The number of hydrogen-bond donors (Lipinski definition) is 1. The second-order valence-corrected chi connectivity index (χ2v) is 7.24. The van der Waals surface area contributed by atoms with Crippen molar-refractivity contribution in [2.75, 3.05) is 31.4 Å². The minimum Gasteiger partial charge on any atom is -0.326 e. The zero-order chi connectivity index (χ0) is 14.5. The first-order valence-corrected chi connectivity index (χ1v) is 8.52. The van der Waals surface area contributed by atoms with Gasteiger partial charge in [-0.2, -0.15) is 11.8 Å². The molecule has 0 bridgehead atoms. The molecular formula is C12H18N2O3S2. The molecule has 0 unspecified atom stereocenters. The number of hydrogen-bond acceptors (Lipinski definition) is 4. The van der Waals surface area contributed by atoms with Crippen LogP contribution in [0.15, 0.2) is 29.2 Å². The van der Waals surface area contributed by atoms with Gasteiger partial charge in [0.15, 0.2) is 0 Å². The number of benzene rings is 1. The molecule has 1 amide bonds. The lowest BCUT2D eigenvalue weighted by Crippen LogP contribution is -2.22. The summed E-state index contributed by atoms with van der Waals surface area (Å²) in [5.74, 6) is 0.621. The number of nitrogens with one attached hydrogen (secondary N) is 1. The van der Waals surface area contributed by atoms with Crippen molar-refractivity contribution in [2.24, 2.45) is 0 Å². The van der Waals surface area contributed by atoms with Gasteiger partial charge in [-0.1, -0.05) is 6.07 Å². The molecule has 1 aromatic rings. The van der Waals surface area contributed by atoms with E-state index in [-0.39, 0.29) is 10.8 Å². The number of nitrogens with zero attached hydrogens (tertiary/aromatic N) is 1. The first-order valence-electron chi connectivity index (χ1n) is 5.69. The van der Waals surface area contributed by atoms with Crippen molar-refractivity contribution in [1.82, 2.24) is 4.31 Å². The number of thioether (sulfide) groups is 1. The summed E-state index contributed by atoms with van der Waals surface area (Å²) in [6, 6.07) is 6.26. The standard InChI is InChI=1S/C12H18N2O3S2/c1-14(2)19(16,17)11-6-4-5-10(9-11)13-12(15)7-8-18-3/h4-6,9H,7-8H2,1-3H3,(H,13,15). The molecular weight excluding hydrogens is 284 g/mol. The number of anilines is 1. The Bertz CT molecular complexity index is 542. The molecule has 0 spiro atoms. The van der Waals surface area contributed by atoms with Gasteiger partial charge in [0, 0.05) is 32.0 Å². The van der Waals surface area contributed by atoms with Crippen LogP contribution in [-0.4, -0.2) is 44.7 Å². The maximum atomic E-state index is 12.0. The van der Waals surface area contributed by atoms with Crippen LogP contribution in [0.4, 0.5) is 5.69 Å². The molecule has 0 aliphatic rings. The van der Waals surface area contributed by atoms with Gasteiger partial charge >= 0.3 is 0 Å². The van der Waals surface area contributed by atoms with Crippen LogP contribution in [0.5, 0.6) is 0 Å². The van der Waals surface area contributed by atoms with Crippen molar-refractivity contribution in [3.8, 4) is 0 Å². The summed E-state index contributed by atoms with van der Waals surface area (Å²) in [7, 11) is -0.532. The Labute approximate surface area is 118 Å². The zero-order valence-corrected chi connectivity index (χ0v) is 12.8. The van der Waals surface area contributed by atoms with Crippen molar-refractivity contribution in [1.29, 1.82) is 0 Å². The van der Waals surface area contributed by atoms with Gasteiger partial charge in [-0.3, -0.25) is 4.79 Å². The minimum absolute atomic E-state index is 0.117. The molecule has 0 heterocycles. The number of amides is 1. The van der Waals surface area contributed by atoms with Crippen LogP contribution >= 0.6 is 11.8 Å². The Morgan fingerprint density at radius 3 is 2.63 bits per heavy atom. The summed E-state index contributed by atoms with van der Waals surface area (Å²) in [6.45, 7) is 0. The summed E-state index contributed by atoms with van der Waals surface area (Å²) in [5.41, 5.74) is 0.494. The van der Waals surface area contributed by atoms with Crippen LogP contribution in [0, 0.1) is 0 Å². The van der Waals surface area contributed by atoms with Crippen LogP contribution in [0.3, 0.4) is 0 Å². The molecule has 0 saturated heterocycles. The number of sulfonamides is 1. The molecule has 106 valence electrons. The van der Waals surface area contributed by atoms with Gasteiger partial charge in [-0.25, -0.2) is 12.7 Å². The van der Waals surface area contributed by atoms with E-state index in [1.807, 2.05) is 6.26 Å². The van der Waals surface area contributed by atoms with Gasteiger partial charge in [0.1, 0.15) is 0 Å². The number of rotatable bonds is 6. The van der Waals surface area contributed by atoms with Gasteiger partial charge in [-0.05, 0) is 24.5 Å². The van der Waals surface area contributed by atoms with Crippen LogP contribution in [0.2, 0.25) is 0 Å². The molecule has 7 heteroatoms. The Hall–Kier alpha value is -1.05. The smallest absolute Gasteiger partial charge is 0.242 e. The SMILES string of the molecule is CSCCC(=O)Nc1cccc(S(=O)(=O)N(C)C)c1. The van der Waals surface area contributed by atoms with E-state index in [9.17, 15) is 13.2 Å². The van der Waals surface area contributed by atoms with Crippen molar-refractivity contribution in [2.45, 2.75) is 11.3 Å². The van der Waals surface area contributed by atoms with E-state index >= 15 is 0 Å². The monoisotopic (exact) mass is 302 g/mol. The molecule has 1 N–H and O–H groups in total. The van der Waals surface area contributed by atoms with E-state index in [4.69, 9.17) is 0 Å². The summed E-state index contributed by atoms with van der Waals surface area (Å²) in [6.07, 6.45) is 2.34. The minimum atomic E-state index is -3.47. The summed E-state index contributed by atoms with van der Waals surface area (Å²) in [4.78, 5) is 11.7. The fraction of sp³-hybridized carbons (Fsp3) is 0.417. The van der Waals surface area contributed by atoms with Gasteiger partial charge < -0.3 is 5.32 Å². The topological polar surface area (TPSA) is 66.5 Å². The highest BCUT2D eigenvalue weighted by atomic mass is 32.2. The maximum Gasteiger partial charge on any atom is 0.242 e. The molecule has 0 fully saturated rings. The number of carbonyl (C=O) groups excluding carboxylic acids is 1. The van der Waals surface area contributed by atoms with Crippen molar-refractivity contribution < 1.29 is 13.2 Å². The van der Waals surface area contributed by atoms with Gasteiger partial charge in [-0.15, -0.1) is 0 Å².